The molecule has 4 nitrogen and oxygen atoms in total. The summed E-state index contributed by atoms with van der Waals surface area (Å²) in [5.74, 6) is 3.84. The fourth-order valence-electron chi connectivity index (χ4n) is 10.4. The molecule has 0 aromatic rings. The molecule has 0 bridgehead atoms. The largest absolute Gasteiger partial charge is 0.236 e. The molecule has 0 saturated heterocycles. The van der Waals surface area contributed by atoms with E-state index in [1.807, 2.05) is 12.2 Å². The Morgan fingerprint density at radius 2 is 0.683 bits per heavy atom. The summed E-state index contributed by atoms with van der Waals surface area (Å²) >= 11 is 0. The van der Waals surface area contributed by atoms with Crippen LogP contribution in [0, 0.1) is 23.7 Å². The number of hydrogen-bond acceptors (Lipinski definition) is 4. The van der Waals surface area contributed by atoms with Crippen LogP contribution in [0.1, 0.15) is 285 Å². The van der Waals surface area contributed by atoms with Gasteiger partial charge in [-0.25, -0.2) is 19.6 Å². The lowest BCUT2D eigenvalue weighted by Crippen LogP contribution is -2.35. The zero-order valence-electron chi connectivity index (χ0n) is 41.4. The SMILES string of the molecule is C=CCC(CCCCCCC)OOCCCCCCCC1CCC(CCCCCC)C(CCCCCCCC)C1CCCCCCCOOC(CC=C)CCCCCCC. The first-order valence-corrected chi connectivity index (χ1v) is 27.4. The molecule has 1 rings (SSSR count). The molecular weight excluding hydrogens is 737 g/mol. The molecule has 0 aromatic heterocycles. The molecule has 6 unspecified atom stereocenters. The molecule has 0 N–H and O–H groups in total. The van der Waals surface area contributed by atoms with Gasteiger partial charge < -0.3 is 0 Å². The first-order valence-electron chi connectivity index (χ1n) is 27.4. The van der Waals surface area contributed by atoms with E-state index in [4.69, 9.17) is 19.6 Å². The Morgan fingerprint density at radius 1 is 0.383 bits per heavy atom. The number of hydrogen-bond donors (Lipinski definition) is 0. The van der Waals surface area contributed by atoms with Crippen molar-refractivity contribution in [2.45, 2.75) is 297 Å². The quantitative estimate of drug-likeness (QED) is 0.0265. The molecule has 60 heavy (non-hydrogen) atoms. The maximum absolute atomic E-state index is 5.85. The van der Waals surface area contributed by atoms with E-state index in [2.05, 4.69) is 40.9 Å². The van der Waals surface area contributed by atoms with Gasteiger partial charge in [0.15, 0.2) is 0 Å². The average molecular weight is 845 g/mol. The van der Waals surface area contributed by atoms with E-state index in [0.29, 0.717) is 0 Å². The maximum atomic E-state index is 5.85. The van der Waals surface area contributed by atoms with Crippen molar-refractivity contribution in [2.24, 2.45) is 23.7 Å². The highest BCUT2D eigenvalue weighted by Crippen LogP contribution is 2.48. The molecule has 1 aliphatic rings. The first kappa shape index (κ1) is 57.3. The standard InChI is InChI=1S/C56H108O4/c1-7-13-17-21-27-35-45-55-51(41-31-20-16-10-4)47-48-52(42-32-26-22-29-37-49-57-59-53(39-11-5)43-33-24-18-14-8-2)56(55)46-36-28-23-30-38-50-58-60-54(40-12-6)44-34-25-19-15-9-3/h11-12,51-56H,5-10,13-50H2,1-4H3. The van der Waals surface area contributed by atoms with E-state index >= 15 is 0 Å². The van der Waals surface area contributed by atoms with Crippen molar-refractivity contribution in [3.63, 3.8) is 0 Å². The van der Waals surface area contributed by atoms with Gasteiger partial charge in [0.25, 0.3) is 0 Å². The van der Waals surface area contributed by atoms with Gasteiger partial charge in [0, 0.05) is 0 Å². The maximum Gasteiger partial charge on any atom is 0.0964 e. The van der Waals surface area contributed by atoms with Crippen LogP contribution in [0.4, 0.5) is 0 Å². The zero-order valence-corrected chi connectivity index (χ0v) is 41.4. The van der Waals surface area contributed by atoms with Crippen molar-refractivity contribution in [2.75, 3.05) is 13.2 Å². The monoisotopic (exact) mass is 845 g/mol. The fraction of sp³-hybridized carbons (Fsp3) is 0.929. The van der Waals surface area contributed by atoms with Gasteiger partial charge in [0.1, 0.15) is 0 Å². The summed E-state index contributed by atoms with van der Waals surface area (Å²) in [4.78, 5) is 23.1. The van der Waals surface area contributed by atoms with Crippen LogP contribution in [0.25, 0.3) is 0 Å². The second kappa shape index (κ2) is 44.9. The average Bonchev–Trinajstić information content (AvgIpc) is 3.25. The van der Waals surface area contributed by atoms with Crippen LogP contribution >= 0.6 is 0 Å². The molecule has 6 atom stereocenters. The van der Waals surface area contributed by atoms with Crippen LogP contribution in [0.15, 0.2) is 25.3 Å². The van der Waals surface area contributed by atoms with Crippen LogP contribution in [0.2, 0.25) is 0 Å². The minimum absolute atomic E-state index is 0.169. The van der Waals surface area contributed by atoms with Crippen molar-refractivity contribution in [3.8, 4) is 0 Å². The predicted molar refractivity (Wildman–Crippen MR) is 263 cm³/mol. The van der Waals surface area contributed by atoms with Gasteiger partial charge in [-0.05, 0) is 87.9 Å². The summed E-state index contributed by atoms with van der Waals surface area (Å²) < 4.78 is 0. The second-order valence-corrected chi connectivity index (χ2v) is 19.5. The van der Waals surface area contributed by atoms with Gasteiger partial charge in [-0.1, -0.05) is 232 Å². The van der Waals surface area contributed by atoms with Crippen LogP contribution in [-0.4, -0.2) is 25.4 Å². The molecule has 1 fully saturated rings. The normalized spacial score (nSPS) is 19.1. The topological polar surface area (TPSA) is 36.9 Å². The summed E-state index contributed by atoms with van der Waals surface area (Å²) in [6.07, 6.45) is 57.4. The van der Waals surface area contributed by atoms with Crippen molar-refractivity contribution in [1.29, 1.82) is 0 Å². The molecule has 0 radical (unpaired) electrons. The minimum atomic E-state index is 0.169. The molecule has 0 amide bonds. The molecule has 0 heterocycles. The number of rotatable bonds is 48. The van der Waals surface area contributed by atoms with E-state index < -0.39 is 0 Å². The Balaban J connectivity index is 2.60. The van der Waals surface area contributed by atoms with Gasteiger partial charge in [0.05, 0.1) is 25.4 Å². The van der Waals surface area contributed by atoms with E-state index in [1.165, 1.54) is 218 Å². The molecule has 1 saturated carbocycles. The summed E-state index contributed by atoms with van der Waals surface area (Å²) in [6.45, 7) is 18.6. The third-order valence-corrected chi connectivity index (χ3v) is 14.1. The Bertz CT molecular complexity index is 875. The lowest BCUT2D eigenvalue weighted by atomic mass is 9.61. The highest BCUT2D eigenvalue weighted by atomic mass is 17.2. The minimum Gasteiger partial charge on any atom is -0.236 e. The van der Waals surface area contributed by atoms with Crippen LogP contribution < -0.4 is 0 Å². The Kier molecular flexibility index (Phi) is 42.9. The zero-order chi connectivity index (χ0) is 43.4. The Labute approximate surface area is 377 Å². The molecular formula is C56H108O4. The number of unbranched alkanes of at least 4 members (excludes halogenated alkanes) is 24. The Hall–Kier alpha value is -0.680. The predicted octanol–water partition coefficient (Wildman–Crippen LogP) is 19.2. The molecule has 0 spiro atoms. The van der Waals surface area contributed by atoms with E-state index in [1.54, 1.807) is 0 Å². The van der Waals surface area contributed by atoms with Crippen molar-refractivity contribution in [3.05, 3.63) is 25.3 Å². The van der Waals surface area contributed by atoms with E-state index in [-0.39, 0.29) is 12.2 Å². The van der Waals surface area contributed by atoms with E-state index in [9.17, 15) is 0 Å². The van der Waals surface area contributed by atoms with E-state index in [0.717, 1.165) is 75.4 Å². The second-order valence-electron chi connectivity index (χ2n) is 19.5. The smallest absolute Gasteiger partial charge is 0.0964 e. The summed E-state index contributed by atoms with van der Waals surface area (Å²) in [7, 11) is 0. The highest BCUT2D eigenvalue weighted by molar-refractivity contribution is 4.88. The third-order valence-electron chi connectivity index (χ3n) is 14.1. The molecule has 0 aliphatic heterocycles. The molecule has 4 heteroatoms. The lowest BCUT2D eigenvalue weighted by molar-refractivity contribution is -0.325. The van der Waals surface area contributed by atoms with Crippen molar-refractivity contribution in [1.82, 2.24) is 0 Å². The fourth-order valence-corrected chi connectivity index (χ4v) is 10.4. The van der Waals surface area contributed by atoms with Gasteiger partial charge in [0.2, 0.25) is 0 Å². The van der Waals surface area contributed by atoms with Gasteiger partial charge in [-0.3, -0.25) is 0 Å². The third kappa shape index (κ3) is 32.9. The Morgan fingerprint density at radius 3 is 1.05 bits per heavy atom. The van der Waals surface area contributed by atoms with Gasteiger partial charge in [-0.15, -0.1) is 13.2 Å². The van der Waals surface area contributed by atoms with Crippen LogP contribution in [0.5, 0.6) is 0 Å². The highest BCUT2D eigenvalue weighted by Gasteiger charge is 2.37. The molecule has 356 valence electrons. The first-order chi connectivity index (χ1) is 29.6. The van der Waals surface area contributed by atoms with Gasteiger partial charge in [-0.2, -0.15) is 0 Å². The summed E-state index contributed by atoms with van der Waals surface area (Å²) in [5.41, 5.74) is 0. The lowest BCUT2D eigenvalue weighted by Gasteiger charge is -2.44. The van der Waals surface area contributed by atoms with Crippen LogP contribution in [0.3, 0.4) is 0 Å². The van der Waals surface area contributed by atoms with Crippen LogP contribution in [-0.2, 0) is 19.6 Å². The molecule has 0 aromatic carbocycles. The van der Waals surface area contributed by atoms with Crippen molar-refractivity contribution < 1.29 is 19.6 Å². The van der Waals surface area contributed by atoms with Gasteiger partial charge >= 0.3 is 0 Å². The molecule has 1 aliphatic carbocycles. The van der Waals surface area contributed by atoms with Crippen molar-refractivity contribution >= 4 is 0 Å². The summed E-state index contributed by atoms with van der Waals surface area (Å²) in [6, 6.07) is 0. The summed E-state index contributed by atoms with van der Waals surface area (Å²) in [5, 5.41) is 0.